The van der Waals surface area contributed by atoms with Crippen molar-refractivity contribution in [2.24, 2.45) is 5.10 Å². The lowest BCUT2D eigenvalue weighted by Crippen LogP contribution is -2.19. The predicted molar refractivity (Wildman–Crippen MR) is 109 cm³/mol. The molecule has 0 saturated carbocycles. The van der Waals surface area contributed by atoms with Crippen LogP contribution in [0.2, 0.25) is 0 Å². The number of rotatable bonds is 6. The molecule has 0 unspecified atom stereocenters. The van der Waals surface area contributed by atoms with Crippen molar-refractivity contribution in [2.75, 3.05) is 0 Å². The highest BCUT2D eigenvalue weighted by molar-refractivity contribution is 9.10. The molecule has 3 rings (SSSR count). The number of hydrogen-bond donors (Lipinski definition) is 1. The van der Waals surface area contributed by atoms with Crippen molar-refractivity contribution < 1.29 is 14.3 Å². The molecule has 0 aliphatic carbocycles. The zero-order valence-corrected chi connectivity index (χ0v) is 16.5. The quantitative estimate of drug-likeness (QED) is 0.265. The van der Waals surface area contributed by atoms with Gasteiger partial charge in [-0.2, -0.15) is 5.10 Å². The Hall–Kier alpha value is -2.77. The van der Waals surface area contributed by atoms with Crippen LogP contribution in [0.3, 0.4) is 0 Å². The smallest absolute Gasteiger partial charge is 0.353 e. The Morgan fingerprint density at radius 3 is 2.48 bits per heavy atom. The number of thiophene rings is 1. The van der Waals surface area contributed by atoms with Crippen LogP contribution in [0.1, 0.15) is 20.8 Å². The van der Waals surface area contributed by atoms with Crippen LogP contribution < -0.4 is 10.2 Å². The van der Waals surface area contributed by atoms with E-state index in [0.717, 1.165) is 15.6 Å². The van der Waals surface area contributed by atoms with Gasteiger partial charge in [-0.05, 0) is 59.0 Å². The molecule has 5 nitrogen and oxygen atoms in total. The van der Waals surface area contributed by atoms with Crippen molar-refractivity contribution in [1.82, 2.24) is 5.43 Å². The van der Waals surface area contributed by atoms with Gasteiger partial charge in [0, 0.05) is 4.47 Å². The van der Waals surface area contributed by atoms with Crippen molar-refractivity contribution in [3.8, 4) is 5.75 Å². The summed E-state index contributed by atoms with van der Waals surface area (Å²) in [5, 5.41) is 5.77. The number of carbonyl (C=O) groups excluding carboxylic acids is 2. The summed E-state index contributed by atoms with van der Waals surface area (Å²) in [6.45, 7) is 0. The number of nitrogens with one attached hydrogen (secondary N) is 1. The Morgan fingerprint density at radius 1 is 1.07 bits per heavy atom. The maximum atomic E-state index is 11.9. The maximum absolute atomic E-state index is 11.9. The van der Waals surface area contributed by atoms with Crippen molar-refractivity contribution >= 4 is 45.4 Å². The number of esters is 1. The number of hydrogen-bond acceptors (Lipinski definition) is 5. The molecule has 0 atom stereocenters. The third-order valence-electron chi connectivity index (χ3n) is 3.49. The van der Waals surface area contributed by atoms with Crippen LogP contribution in [0.5, 0.6) is 5.75 Å². The fraction of sp³-hybridized carbons (Fsp3) is 0.0500. The fourth-order valence-electron chi connectivity index (χ4n) is 2.18. The Balaban J connectivity index is 1.49. The SMILES string of the molecule is O=C(Cc1ccc(Br)cc1)N/N=C/c1ccc(OC(=O)c2cccs2)cc1. The van der Waals surface area contributed by atoms with E-state index in [2.05, 4.69) is 26.5 Å². The van der Waals surface area contributed by atoms with Gasteiger partial charge in [-0.25, -0.2) is 10.2 Å². The minimum Gasteiger partial charge on any atom is -0.422 e. The molecule has 0 bridgehead atoms. The van der Waals surface area contributed by atoms with Gasteiger partial charge in [0.2, 0.25) is 5.91 Å². The van der Waals surface area contributed by atoms with E-state index in [1.807, 2.05) is 29.6 Å². The van der Waals surface area contributed by atoms with Gasteiger partial charge in [-0.15, -0.1) is 11.3 Å². The Bertz CT molecular complexity index is 936. The molecule has 0 radical (unpaired) electrons. The predicted octanol–water partition coefficient (Wildman–Crippen LogP) is 4.42. The molecule has 0 aliphatic heterocycles. The van der Waals surface area contributed by atoms with Crippen molar-refractivity contribution in [3.05, 3.63) is 86.5 Å². The summed E-state index contributed by atoms with van der Waals surface area (Å²) in [5.74, 6) is -0.133. The van der Waals surface area contributed by atoms with Crippen LogP contribution in [0.4, 0.5) is 0 Å². The van der Waals surface area contributed by atoms with Gasteiger partial charge in [0.1, 0.15) is 10.6 Å². The second kappa shape index (κ2) is 9.25. The van der Waals surface area contributed by atoms with Crippen LogP contribution in [-0.2, 0) is 11.2 Å². The summed E-state index contributed by atoms with van der Waals surface area (Å²) in [6.07, 6.45) is 1.78. The Labute approximate surface area is 168 Å². The first kappa shape index (κ1) is 19.0. The zero-order valence-electron chi connectivity index (χ0n) is 14.1. The molecule has 3 aromatic rings. The van der Waals surface area contributed by atoms with Crippen molar-refractivity contribution in [1.29, 1.82) is 0 Å². The van der Waals surface area contributed by atoms with E-state index in [-0.39, 0.29) is 18.3 Å². The van der Waals surface area contributed by atoms with Crippen LogP contribution in [0, 0.1) is 0 Å². The third-order valence-corrected chi connectivity index (χ3v) is 4.87. The molecule has 0 saturated heterocycles. The normalized spacial score (nSPS) is 10.7. The number of carbonyl (C=O) groups is 2. The molecule has 1 amide bonds. The van der Waals surface area contributed by atoms with E-state index in [0.29, 0.717) is 10.6 Å². The summed E-state index contributed by atoms with van der Waals surface area (Å²) in [4.78, 5) is 24.3. The molecule has 0 fully saturated rings. The molecule has 136 valence electrons. The van der Waals surface area contributed by atoms with Gasteiger partial charge < -0.3 is 4.74 Å². The minimum absolute atomic E-state index is 0.199. The highest BCUT2D eigenvalue weighted by Crippen LogP contribution is 2.16. The average Bonchev–Trinajstić information content (AvgIpc) is 3.20. The molecule has 7 heteroatoms. The monoisotopic (exact) mass is 442 g/mol. The van der Waals surface area contributed by atoms with Crippen molar-refractivity contribution in [2.45, 2.75) is 6.42 Å². The topological polar surface area (TPSA) is 67.8 Å². The highest BCUT2D eigenvalue weighted by atomic mass is 79.9. The highest BCUT2D eigenvalue weighted by Gasteiger charge is 2.09. The summed E-state index contributed by atoms with van der Waals surface area (Å²) in [5.41, 5.74) is 4.17. The number of hydrazone groups is 1. The van der Waals surface area contributed by atoms with E-state index >= 15 is 0 Å². The van der Waals surface area contributed by atoms with Gasteiger partial charge in [0.25, 0.3) is 0 Å². The second-order valence-electron chi connectivity index (χ2n) is 5.53. The standard InChI is InChI=1S/C20H15BrN2O3S/c21-16-7-3-14(4-8-16)12-19(24)23-22-13-15-5-9-17(10-6-15)26-20(25)18-2-1-11-27-18/h1-11,13H,12H2,(H,23,24)/b22-13+. The molecule has 0 aliphatic rings. The van der Waals surface area contributed by atoms with E-state index in [1.165, 1.54) is 17.6 Å². The number of halogens is 1. The molecule has 27 heavy (non-hydrogen) atoms. The molecule has 1 aromatic heterocycles. The maximum Gasteiger partial charge on any atom is 0.353 e. The van der Waals surface area contributed by atoms with Gasteiger partial charge in [-0.1, -0.05) is 34.1 Å². The van der Waals surface area contributed by atoms with Gasteiger partial charge >= 0.3 is 5.97 Å². The van der Waals surface area contributed by atoms with E-state index in [1.54, 1.807) is 36.4 Å². The number of ether oxygens (including phenoxy) is 1. The summed E-state index contributed by atoms with van der Waals surface area (Å²) in [6, 6.07) is 17.9. The Kier molecular flexibility index (Phi) is 6.51. The average molecular weight is 443 g/mol. The first-order valence-electron chi connectivity index (χ1n) is 8.02. The van der Waals surface area contributed by atoms with E-state index < -0.39 is 0 Å². The van der Waals surface area contributed by atoms with E-state index in [4.69, 9.17) is 4.74 Å². The lowest BCUT2D eigenvalue weighted by molar-refractivity contribution is -0.120. The molecule has 1 heterocycles. The largest absolute Gasteiger partial charge is 0.422 e. The summed E-state index contributed by atoms with van der Waals surface area (Å²) in [7, 11) is 0. The van der Waals surface area contributed by atoms with Crippen LogP contribution in [0.25, 0.3) is 0 Å². The van der Waals surface area contributed by atoms with E-state index in [9.17, 15) is 9.59 Å². The summed E-state index contributed by atoms with van der Waals surface area (Å²) >= 11 is 4.69. The van der Waals surface area contributed by atoms with Gasteiger partial charge in [0.15, 0.2) is 0 Å². The molecule has 2 aromatic carbocycles. The van der Waals surface area contributed by atoms with Gasteiger partial charge in [0.05, 0.1) is 12.6 Å². The number of benzene rings is 2. The Morgan fingerprint density at radius 2 is 1.81 bits per heavy atom. The van der Waals surface area contributed by atoms with Crippen LogP contribution >= 0.6 is 27.3 Å². The lowest BCUT2D eigenvalue weighted by Gasteiger charge is -2.03. The van der Waals surface area contributed by atoms with Crippen LogP contribution in [-0.4, -0.2) is 18.1 Å². The summed E-state index contributed by atoms with van der Waals surface area (Å²) < 4.78 is 6.25. The van der Waals surface area contributed by atoms with Gasteiger partial charge in [-0.3, -0.25) is 4.79 Å². The second-order valence-corrected chi connectivity index (χ2v) is 7.40. The van der Waals surface area contributed by atoms with Crippen molar-refractivity contribution in [3.63, 3.8) is 0 Å². The number of nitrogens with zero attached hydrogens (tertiary/aromatic N) is 1. The molecule has 0 spiro atoms. The minimum atomic E-state index is -0.383. The third kappa shape index (κ3) is 5.87. The fourth-order valence-corrected chi connectivity index (χ4v) is 3.04. The lowest BCUT2D eigenvalue weighted by atomic mass is 10.1. The zero-order chi connectivity index (χ0) is 19.1. The number of amides is 1. The molecule has 1 N–H and O–H groups in total. The molecular weight excluding hydrogens is 428 g/mol. The first-order chi connectivity index (χ1) is 13.1. The molecular formula is C20H15BrN2O3S. The first-order valence-corrected chi connectivity index (χ1v) is 9.69. The van der Waals surface area contributed by atoms with Crippen LogP contribution in [0.15, 0.2) is 75.6 Å².